The first-order chi connectivity index (χ1) is 10.2. The Kier molecular flexibility index (Phi) is 3.95. The van der Waals surface area contributed by atoms with Crippen LogP contribution in [0.4, 0.5) is 4.79 Å². The Bertz CT molecular complexity index is 555. The van der Waals surface area contributed by atoms with Gasteiger partial charge in [-0.3, -0.25) is 0 Å². The van der Waals surface area contributed by atoms with Crippen molar-refractivity contribution in [3.05, 3.63) is 34.9 Å². The molecule has 2 N–H and O–H groups in total. The molecule has 3 unspecified atom stereocenters. The van der Waals surface area contributed by atoms with Crippen molar-refractivity contribution in [3.8, 4) is 0 Å². The van der Waals surface area contributed by atoms with Crippen LogP contribution in [-0.4, -0.2) is 23.5 Å². The average molecular weight is 287 g/mol. The van der Waals surface area contributed by atoms with E-state index in [4.69, 9.17) is 5.11 Å². The van der Waals surface area contributed by atoms with E-state index in [0.29, 0.717) is 18.3 Å². The van der Waals surface area contributed by atoms with Gasteiger partial charge < -0.3 is 15.2 Å². The number of benzene rings is 1. The lowest BCUT2D eigenvalue weighted by molar-refractivity contribution is -0.107. The molecular weight excluding hydrogens is 266 g/mol. The van der Waals surface area contributed by atoms with E-state index in [1.54, 1.807) is 0 Å². The maximum atomic E-state index is 11.0. The van der Waals surface area contributed by atoms with E-state index in [0.717, 1.165) is 38.4 Å². The molecule has 1 fully saturated rings. The lowest BCUT2D eigenvalue weighted by atomic mass is 9.91. The molecule has 0 aromatic heterocycles. The van der Waals surface area contributed by atoms with Crippen LogP contribution in [0, 0.1) is 11.8 Å². The van der Waals surface area contributed by atoms with Gasteiger partial charge in [0.1, 0.15) is 6.29 Å². The predicted molar refractivity (Wildman–Crippen MR) is 79.4 cm³/mol. The number of carbonyl (C=O) groups is 2. The minimum absolute atomic E-state index is 0.0910. The second kappa shape index (κ2) is 5.88. The summed E-state index contributed by atoms with van der Waals surface area (Å²) in [6.07, 6.45) is 5.54. The van der Waals surface area contributed by atoms with Crippen LogP contribution in [0.25, 0.3) is 0 Å². The molecule has 4 heteroatoms. The van der Waals surface area contributed by atoms with E-state index < -0.39 is 6.09 Å². The fraction of sp³-hybridized carbons (Fsp3) is 0.529. The SMILES string of the molecule is O=CCCc1ccc2c(c1)CC1CCC(C2)C1NC(=O)O. The van der Waals surface area contributed by atoms with Crippen LogP contribution < -0.4 is 5.32 Å². The van der Waals surface area contributed by atoms with Crippen molar-refractivity contribution in [1.82, 2.24) is 5.32 Å². The van der Waals surface area contributed by atoms with Gasteiger partial charge in [-0.2, -0.15) is 0 Å². The Morgan fingerprint density at radius 1 is 1.24 bits per heavy atom. The highest BCUT2D eigenvalue weighted by Gasteiger charge is 2.39. The average Bonchev–Trinajstić information content (AvgIpc) is 2.72. The van der Waals surface area contributed by atoms with Gasteiger partial charge in [-0.1, -0.05) is 18.2 Å². The monoisotopic (exact) mass is 287 g/mol. The molecule has 2 aliphatic rings. The highest BCUT2D eigenvalue weighted by molar-refractivity contribution is 5.65. The first-order valence-corrected chi connectivity index (χ1v) is 7.71. The smallest absolute Gasteiger partial charge is 0.404 e. The van der Waals surface area contributed by atoms with Crippen molar-refractivity contribution in [2.24, 2.45) is 11.8 Å². The summed E-state index contributed by atoms with van der Waals surface area (Å²) in [5.74, 6) is 0.835. The van der Waals surface area contributed by atoms with Crippen molar-refractivity contribution in [2.75, 3.05) is 0 Å². The summed E-state index contributed by atoms with van der Waals surface area (Å²) in [6.45, 7) is 0. The van der Waals surface area contributed by atoms with Crippen LogP contribution in [-0.2, 0) is 24.1 Å². The zero-order valence-electron chi connectivity index (χ0n) is 12.0. The van der Waals surface area contributed by atoms with Gasteiger partial charge in [0.25, 0.3) is 0 Å². The van der Waals surface area contributed by atoms with Gasteiger partial charge in [0.05, 0.1) is 0 Å². The summed E-state index contributed by atoms with van der Waals surface area (Å²) in [7, 11) is 0. The van der Waals surface area contributed by atoms with Crippen molar-refractivity contribution in [2.45, 2.75) is 44.6 Å². The van der Waals surface area contributed by atoms with Gasteiger partial charge in [-0.05, 0) is 60.6 Å². The standard InChI is InChI=1S/C17H21NO3/c19-7-1-2-11-3-4-12-9-13-5-6-14(10-15(12)8-11)16(13)18-17(20)21/h3-4,7-8,13-14,16,18H,1-2,5-6,9-10H2,(H,20,21). The molecule has 2 aliphatic carbocycles. The van der Waals surface area contributed by atoms with Gasteiger partial charge in [-0.25, -0.2) is 4.79 Å². The lowest BCUT2D eigenvalue weighted by Gasteiger charge is -2.21. The molecule has 112 valence electrons. The zero-order chi connectivity index (χ0) is 14.8. The predicted octanol–water partition coefficient (Wildman–Crippen LogP) is 2.58. The Morgan fingerprint density at radius 2 is 1.95 bits per heavy atom. The normalized spacial score (nSPS) is 26.8. The summed E-state index contributed by atoms with van der Waals surface area (Å²) in [6, 6.07) is 6.60. The number of carboxylic acid groups (broad SMARTS) is 1. The highest BCUT2D eigenvalue weighted by atomic mass is 16.4. The Hall–Kier alpha value is -1.84. The fourth-order valence-corrected chi connectivity index (χ4v) is 4.02. The van der Waals surface area contributed by atoms with Gasteiger partial charge in [0, 0.05) is 12.5 Å². The lowest BCUT2D eigenvalue weighted by Crippen LogP contribution is -2.41. The van der Waals surface area contributed by atoms with E-state index in [9.17, 15) is 9.59 Å². The highest BCUT2D eigenvalue weighted by Crippen LogP contribution is 2.40. The second-order valence-corrected chi connectivity index (χ2v) is 6.29. The van der Waals surface area contributed by atoms with E-state index >= 15 is 0 Å². The maximum Gasteiger partial charge on any atom is 0.404 e. The largest absolute Gasteiger partial charge is 0.465 e. The molecule has 1 aromatic rings. The van der Waals surface area contributed by atoms with E-state index in [-0.39, 0.29) is 6.04 Å². The Morgan fingerprint density at radius 3 is 2.62 bits per heavy atom. The van der Waals surface area contributed by atoms with Crippen LogP contribution >= 0.6 is 0 Å². The fourth-order valence-electron chi connectivity index (χ4n) is 4.02. The van der Waals surface area contributed by atoms with Crippen LogP contribution in [0.3, 0.4) is 0 Å². The van der Waals surface area contributed by atoms with Crippen LogP contribution in [0.5, 0.6) is 0 Å². The number of rotatable bonds is 4. The molecule has 21 heavy (non-hydrogen) atoms. The third-order valence-electron chi connectivity index (χ3n) is 5.00. The molecule has 1 aromatic carbocycles. The Labute approximate surface area is 124 Å². The van der Waals surface area contributed by atoms with E-state index in [1.165, 1.54) is 16.7 Å². The van der Waals surface area contributed by atoms with Crippen molar-refractivity contribution < 1.29 is 14.7 Å². The van der Waals surface area contributed by atoms with Gasteiger partial charge in [0.2, 0.25) is 0 Å². The van der Waals surface area contributed by atoms with Gasteiger partial charge in [-0.15, -0.1) is 0 Å². The number of nitrogens with one attached hydrogen (secondary N) is 1. The molecule has 0 heterocycles. The molecule has 3 rings (SSSR count). The van der Waals surface area contributed by atoms with E-state index in [1.807, 2.05) is 0 Å². The Balaban J connectivity index is 1.82. The summed E-state index contributed by atoms with van der Waals surface area (Å²) < 4.78 is 0. The van der Waals surface area contributed by atoms with Crippen LogP contribution in [0.15, 0.2) is 18.2 Å². The van der Waals surface area contributed by atoms with Gasteiger partial charge >= 0.3 is 6.09 Å². The molecule has 1 amide bonds. The number of aldehydes is 1. The molecule has 3 atom stereocenters. The molecule has 0 aliphatic heterocycles. The number of hydrogen-bond donors (Lipinski definition) is 2. The first kappa shape index (κ1) is 14.1. The van der Waals surface area contributed by atoms with Crippen LogP contribution in [0.1, 0.15) is 36.0 Å². The summed E-state index contributed by atoms with van der Waals surface area (Å²) in [5, 5.41) is 11.8. The second-order valence-electron chi connectivity index (χ2n) is 6.29. The summed E-state index contributed by atoms with van der Waals surface area (Å²) in [5.41, 5.74) is 3.92. The quantitative estimate of drug-likeness (QED) is 0.836. The summed E-state index contributed by atoms with van der Waals surface area (Å²) in [4.78, 5) is 21.5. The molecule has 1 saturated carbocycles. The molecule has 0 saturated heterocycles. The number of aryl methyl sites for hydroxylation is 1. The minimum Gasteiger partial charge on any atom is -0.465 e. The number of hydrogen-bond acceptors (Lipinski definition) is 2. The zero-order valence-corrected chi connectivity index (χ0v) is 12.0. The number of fused-ring (bicyclic) bond motifs is 3. The van der Waals surface area contributed by atoms with Crippen molar-refractivity contribution in [3.63, 3.8) is 0 Å². The number of carbonyl (C=O) groups excluding carboxylic acids is 1. The van der Waals surface area contributed by atoms with Gasteiger partial charge in [0.15, 0.2) is 0 Å². The third kappa shape index (κ3) is 2.94. The van der Waals surface area contributed by atoms with Crippen molar-refractivity contribution in [1.29, 1.82) is 0 Å². The summed E-state index contributed by atoms with van der Waals surface area (Å²) >= 11 is 0. The first-order valence-electron chi connectivity index (χ1n) is 7.71. The molecule has 0 spiro atoms. The van der Waals surface area contributed by atoms with E-state index in [2.05, 4.69) is 23.5 Å². The topological polar surface area (TPSA) is 66.4 Å². The molecular formula is C17H21NO3. The number of amides is 1. The van der Waals surface area contributed by atoms with Crippen LogP contribution in [0.2, 0.25) is 0 Å². The molecule has 2 bridgehead atoms. The third-order valence-corrected chi connectivity index (χ3v) is 5.00. The maximum absolute atomic E-state index is 11.0. The molecule has 0 radical (unpaired) electrons. The van der Waals surface area contributed by atoms with Crippen molar-refractivity contribution >= 4 is 12.4 Å². The minimum atomic E-state index is -0.908. The molecule has 4 nitrogen and oxygen atoms in total.